The molecule has 0 bridgehead atoms. The van der Waals surface area contributed by atoms with Gasteiger partial charge in [-0.15, -0.1) is 0 Å². The number of aromatic nitrogens is 2. The van der Waals surface area contributed by atoms with Gasteiger partial charge in [0.25, 0.3) is 0 Å². The van der Waals surface area contributed by atoms with Crippen LogP contribution < -0.4 is 10.6 Å². The largest absolute Gasteiger partial charge is 0.382 e. The normalized spacial score (nSPS) is 18.1. The lowest BCUT2D eigenvalue weighted by molar-refractivity contribution is 0.0818. The van der Waals surface area contributed by atoms with Crippen LogP contribution in [0.15, 0.2) is 12.4 Å². The van der Waals surface area contributed by atoms with Gasteiger partial charge in [0.2, 0.25) is 0 Å². The van der Waals surface area contributed by atoms with Crippen LogP contribution in [0.1, 0.15) is 12.8 Å². The van der Waals surface area contributed by atoms with Gasteiger partial charge in [-0.1, -0.05) is 0 Å². The van der Waals surface area contributed by atoms with Crippen LogP contribution in [0.4, 0.5) is 11.6 Å². The first-order chi connectivity index (χ1) is 7.29. The predicted octanol–water partition coefficient (Wildman–Crippen LogP) is 0.674. The van der Waals surface area contributed by atoms with Gasteiger partial charge in [-0.25, -0.2) is 4.98 Å². The highest BCUT2D eigenvalue weighted by Gasteiger charge is 2.19. The van der Waals surface area contributed by atoms with Gasteiger partial charge in [-0.05, 0) is 12.8 Å². The van der Waals surface area contributed by atoms with Crippen molar-refractivity contribution in [3.05, 3.63) is 12.4 Å². The summed E-state index contributed by atoms with van der Waals surface area (Å²) in [5, 5.41) is 0. The molecule has 0 unspecified atom stereocenters. The summed E-state index contributed by atoms with van der Waals surface area (Å²) < 4.78 is 5.31. The molecule has 0 aromatic carbocycles. The van der Waals surface area contributed by atoms with Crippen molar-refractivity contribution in [2.75, 3.05) is 30.8 Å². The van der Waals surface area contributed by atoms with E-state index in [-0.39, 0.29) is 0 Å². The summed E-state index contributed by atoms with van der Waals surface area (Å²) in [5.41, 5.74) is 5.59. The minimum atomic E-state index is 0.385. The molecule has 0 aliphatic carbocycles. The third kappa shape index (κ3) is 2.36. The van der Waals surface area contributed by atoms with Gasteiger partial charge < -0.3 is 15.4 Å². The van der Waals surface area contributed by atoms with Crippen molar-refractivity contribution in [1.29, 1.82) is 0 Å². The summed E-state index contributed by atoms with van der Waals surface area (Å²) >= 11 is 0. The summed E-state index contributed by atoms with van der Waals surface area (Å²) in [4.78, 5) is 10.5. The zero-order valence-corrected chi connectivity index (χ0v) is 8.89. The zero-order chi connectivity index (χ0) is 10.7. The van der Waals surface area contributed by atoms with Gasteiger partial charge in [0.15, 0.2) is 0 Å². The molecule has 0 spiro atoms. The molecule has 0 atom stereocenters. The fraction of sp³-hybridized carbons (Fsp3) is 0.600. The number of hydrogen-bond donors (Lipinski definition) is 1. The van der Waals surface area contributed by atoms with Gasteiger partial charge in [-0.2, -0.15) is 0 Å². The van der Waals surface area contributed by atoms with E-state index in [0.29, 0.717) is 11.9 Å². The second-order valence-electron chi connectivity index (χ2n) is 3.72. The van der Waals surface area contributed by atoms with Crippen molar-refractivity contribution in [1.82, 2.24) is 9.97 Å². The molecule has 82 valence electrons. The molecule has 0 saturated carbocycles. The maximum Gasteiger partial charge on any atom is 0.149 e. The lowest BCUT2D eigenvalue weighted by Crippen LogP contribution is -2.37. The molecule has 1 aromatic heterocycles. The third-order valence-electron chi connectivity index (χ3n) is 2.74. The summed E-state index contributed by atoms with van der Waals surface area (Å²) in [6.07, 6.45) is 5.77. The molecule has 15 heavy (non-hydrogen) atoms. The minimum Gasteiger partial charge on any atom is -0.382 e. The Kier molecular flexibility index (Phi) is 3.01. The number of ether oxygens (including phenoxy) is 1. The van der Waals surface area contributed by atoms with Crippen LogP contribution in [0.5, 0.6) is 0 Å². The summed E-state index contributed by atoms with van der Waals surface area (Å²) in [6, 6.07) is 0. The van der Waals surface area contributed by atoms with Gasteiger partial charge >= 0.3 is 0 Å². The molecule has 2 heterocycles. The van der Waals surface area contributed by atoms with Crippen molar-refractivity contribution >= 4 is 11.6 Å². The topological polar surface area (TPSA) is 64.3 Å². The first-order valence-corrected chi connectivity index (χ1v) is 5.15. The second kappa shape index (κ2) is 4.44. The molecule has 5 heteroatoms. The fourth-order valence-corrected chi connectivity index (χ4v) is 1.84. The summed E-state index contributed by atoms with van der Waals surface area (Å²) in [5.74, 6) is 1.34. The summed E-state index contributed by atoms with van der Waals surface area (Å²) in [7, 11) is 1.76. The van der Waals surface area contributed by atoms with Gasteiger partial charge in [0.1, 0.15) is 11.6 Å². The van der Waals surface area contributed by atoms with Crippen molar-refractivity contribution in [2.24, 2.45) is 0 Å². The monoisotopic (exact) mass is 208 g/mol. The predicted molar refractivity (Wildman–Crippen MR) is 58.7 cm³/mol. The quantitative estimate of drug-likeness (QED) is 0.774. The molecule has 1 aliphatic rings. The van der Waals surface area contributed by atoms with E-state index >= 15 is 0 Å². The van der Waals surface area contributed by atoms with Crippen LogP contribution in [0.25, 0.3) is 0 Å². The smallest absolute Gasteiger partial charge is 0.149 e. The Balaban J connectivity index is 2.01. The van der Waals surface area contributed by atoms with Crippen molar-refractivity contribution in [2.45, 2.75) is 18.9 Å². The van der Waals surface area contributed by atoms with Gasteiger partial charge in [-0.3, -0.25) is 4.98 Å². The number of nitrogen functional groups attached to an aromatic ring is 1. The molecular weight excluding hydrogens is 192 g/mol. The maximum absolute atomic E-state index is 5.59. The third-order valence-corrected chi connectivity index (χ3v) is 2.74. The standard InChI is InChI=1S/C10H16N4O/c1-15-8-2-4-14(5-3-8)10-7-12-6-9(11)13-10/h6-8H,2-5H2,1H3,(H2,11,13). The Morgan fingerprint density at radius 1 is 1.40 bits per heavy atom. The molecule has 1 aliphatic heterocycles. The van der Waals surface area contributed by atoms with E-state index in [0.717, 1.165) is 31.7 Å². The molecule has 1 fully saturated rings. The van der Waals surface area contributed by atoms with Crippen LogP contribution in [-0.4, -0.2) is 36.3 Å². The van der Waals surface area contributed by atoms with E-state index in [2.05, 4.69) is 14.9 Å². The molecule has 0 radical (unpaired) electrons. The van der Waals surface area contributed by atoms with E-state index in [1.165, 1.54) is 0 Å². The number of hydrogen-bond acceptors (Lipinski definition) is 5. The Labute approximate surface area is 89.3 Å². The van der Waals surface area contributed by atoms with Gasteiger partial charge in [0.05, 0.1) is 18.5 Å². The van der Waals surface area contributed by atoms with Crippen LogP contribution in [0.3, 0.4) is 0 Å². The first kappa shape index (κ1) is 10.2. The number of nitrogens with zero attached hydrogens (tertiary/aromatic N) is 3. The van der Waals surface area contributed by atoms with E-state index in [1.54, 1.807) is 19.5 Å². The number of nitrogens with two attached hydrogens (primary N) is 1. The average molecular weight is 208 g/mol. The number of piperidine rings is 1. The van der Waals surface area contributed by atoms with Crippen molar-refractivity contribution in [3.8, 4) is 0 Å². The van der Waals surface area contributed by atoms with E-state index in [4.69, 9.17) is 10.5 Å². The van der Waals surface area contributed by atoms with Crippen LogP contribution in [-0.2, 0) is 4.74 Å². The van der Waals surface area contributed by atoms with Crippen LogP contribution >= 0.6 is 0 Å². The van der Waals surface area contributed by atoms with Crippen molar-refractivity contribution < 1.29 is 4.74 Å². The Hall–Kier alpha value is -1.36. The Morgan fingerprint density at radius 2 is 2.13 bits per heavy atom. The summed E-state index contributed by atoms with van der Waals surface area (Å²) in [6.45, 7) is 1.91. The highest BCUT2D eigenvalue weighted by molar-refractivity contribution is 5.41. The van der Waals surface area contributed by atoms with Gasteiger partial charge in [0, 0.05) is 20.2 Å². The molecule has 2 N–H and O–H groups in total. The zero-order valence-electron chi connectivity index (χ0n) is 8.89. The highest BCUT2D eigenvalue weighted by Crippen LogP contribution is 2.18. The molecular formula is C10H16N4O. The lowest BCUT2D eigenvalue weighted by atomic mass is 10.1. The lowest BCUT2D eigenvalue weighted by Gasteiger charge is -2.31. The van der Waals surface area contributed by atoms with Crippen molar-refractivity contribution in [3.63, 3.8) is 0 Å². The Bertz CT molecular complexity index is 323. The molecule has 1 aromatic rings. The molecule has 2 rings (SSSR count). The number of methoxy groups -OCH3 is 1. The van der Waals surface area contributed by atoms with E-state index < -0.39 is 0 Å². The maximum atomic E-state index is 5.59. The second-order valence-corrected chi connectivity index (χ2v) is 3.72. The number of rotatable bonds is 2. The SMILES string of the molecule is COC1CCN(c2cncc(N)n2)CC1. The molecule has 5 nitrogen and oxygen atoms in total. The highest BCUT2D eigenvalue weighted by atomic mass is 16.5. The molecule has 1 saturated heterocycles. The van der Waals surface area contributed by atoms with E-state index in [1.807, 2.05) is 0 Å². The first-order valence-electron chi connectivity index (χ1n) is 5.15. The van der Waals surface area contributed by atoms with Crippen LogP contribution in [0.2, 0.25) is 0 Å². The average Bonchev–Trinajstić information content (AvgIpc) is 2.29. The minimum absolute atomic E-state index is 0.385. The van der Waals surface area contributed by atoms with E-state index in [9.17, 15) is 0 Å². The van der Waals surface area contributed by atoms with Crippen LogP contribution in [0, 0.1) is 0 Å². The fourth-order valence-electron chi connectivity index (χ4n) is 1.84. The molecule has 0 amide bonds. The Morgan fingerprint density at radius 3 is 2.73 bits per heavy atom. The number of anilines is 2.